The average molecular weight is 442 g/mol. The van der Waals surface area contributed by atoms with E-state index in [2.05, 4.69) is 16.0 Å². The highest BCUT2D eigenvalue weighted by molar-refractivity contribution is 5.74. The van der Waals surface area contributed by atoms with Crippen LogP contribution in [0.4, 0.5) is 0 Å². The van der Waals surface area contributed by atoms with Gasteiger partial charge in [0, 0.05) is 44.1 Å². The van der Waals surface area contributed by atoms with Crippen LogP contribution in [0.3, 0.4) is 0 Å². The molecular formula is C26H27N5O2. The molecule has 1 fully saturated rings. The summed E-state index contributed by atoms with van der Waals surface area (Å²) in [7, 11) is 1.52. The Hall–Kier alpha value is -3.58. The van der Waals surface area contributed by atoms with Gasteiger partial charge in [-0.25, -0.2) is 9.78 Å². The lowest BCUT2D eigenvalue weighted by Gasteiger charge is -2.32. The quantitative estimate of drug-likeness (QED) is 0.476. The molecule has 0 bridgehead atoms. The van der Waals surface area contributed by atoms with Gasteiger partial charge < -0.3 is 0 Å². The Bertz CT molecular complexity index is 1380. The lowest BCUT2D eigenvalue weighted by atomic mass is 9.94. The van der Waals surface area contributed by atoms with E-state index >= 15 is 0 Å². The van der Waals surface area contributed by atoms with Crippen LogP contribution in [0.2, 0.25) is 0 Å². The first-order chi connectivity index (χ1) is 16.1. The molecule has 1 aliphatic rings. The van der Waals surface area contributed by atoms with Crippen LogP contribution in [0.1, 0.15) is 35.6 Å². The van der Waals surface area contributed by atoms with Gasteiger partial charge in [-0.2, -0.15) is 0 Å². The van der Waals surface area contributed by atoms with Gasteiger partial charge in [-0.3, -0.25) is 23.8 Å². The summed E-state index contributed by atoms with van der Waals surface area (Å²) < 4.78 is 2.79. The minimum absolute atomic E-state index is 0.254. The van der Waals surface area contributed by atoms with Gasteiger partial charge in [0.2, 0.25) is 0 Å². The molecule has 1 unspecified atom stereocenters. The Morgan fingerprint density at radius 2 is 1.79 bits per heavy atom. The minimum Gasteiger partial charge on any atom is -0.298 e. The highest BCUT2D eigenvalue weighted by atomic mass is 16.2. The molecule has 1 atom stereocenters. The van der Waals surface area contributed by atoms with Gasteiger partial charge in [-0.15, -0.1) is 0 Å². The molecule has 4 aromatic rings. The second-order valence-corrected chi connectivity index (χ2v) is 8.76. The summed E-state index contributed by atoms with van der Waals surface area (Å²) in [6.07, 6.45) is 5.82. The highest BCUT2D eigenvalue weighted by Gasteiger charge is 2.24. The SMILES string of the molecule is Cn1c(=O)c2ccc(C3CCCN(Cc4cccnc4)C3)nc2n(Cc2ccccc2)c1=O. The molecule has 1 saturated heterocycles. The van der Waals surface area contributed by atoms with Gasteiger partial charge >= 0.3 is 5.69 Å². The van der Waals surface area contributed by atoms with Crippen LogP contribution in [0.25, 0.3) is 11.0 Å². The standard InChI is InChI=1S/C26H27N5O2/c1-29-25(32)22-11-12-23(21-10-6-14-30(18-21)16-20-9-5-13-27-15-20)28-24(22)31(26(29)33)17-19-7-3-2-4-8-19/h2-5,7-9,11-13,15,21H,6,10,14,16-18H2,1H3. The van der Waals surface area contributed by atoms with Crippen molar-refractivity contribution >= 4 is 11.0 Å². The minimum atomic E-state index is -0.345. The molecule has 7 heteroatoms. The van der Waals surface area contributed by atoms with Crippen molar-refractivity contribution in [2.45, 2.75) is 31.8 Å². The Morgan fingerprint density at radius 1 is 0.970 bits per heavy atom. The van der Waals surface area contributed by atoms with Gasteiger partial charge in [-0.1, -0.05) is 36.4 Å². The smallest absolute Gasteiger partial charge is 0.298 e. The van der Waals surface area contributed by atoms with Crippen molar-refractivity contribution in [3.8, 4) is 0 Å². The molecule has 1 aliphatic heterocycles. The number of hydrogen-bond donors (Lipinski definition) is 0. The molecular weight excluding hydrogens is 414 g/mol. The second kappa shape index (κ2) is 9.11. The van der Waals surface area contributed by atoms with E-state index in [0.717, 1.165) is 43.7 Å². The van der Waals surface area contributed by atoms with E-state index in [9.17, 15) is 9.59 Å². The maximum atomic E-state index is 13.0. The molecule has 33 heavy (non-hydrogen) atoms. The maximum Gasteiger partial charge on any atom is 0.332 e. The third-order valence-electron chi connectivity index (χ3n) is 6.44. The van der Waals surface area contributed by atoms with E-state index in [1.54, 1.807) is 10.8 Å². The fraction of sp³-hybridized carbons (Fsp3) is 0.308. The van der Waals surface area contributed by atoms with E-state index in [1.165, 1.54) is 17.2 Å². The van der Waals surface area contributed by atoms with Crippen LogP contribution in [0.5, 0.6) is 0 Å². The largest absolute Gasteiger partial charge is 0.332 e. The van der Waals surface area contributed by atoms with E-state index in [4.69, 9.17) is 4.98 Å². The number of likely N-dealkylation sites (tertiary alicyclic amines) is 1. The van der Waals surface area contributed by atoms with Crippen molar-refractivity contribution in [3.63, 3.8) is 0 Å². The number of hydrogen-bond acceptors (Lipinski definition) is 5. The zero-order valence-corrected chi connectivity index (χ0v) is 18.7. The maximum absolute atomic E-state index is 13.0. The molecule has 0 aliphatic carbocycles. The zero-order chi connectivity index (χ0) is 22.8. The van der Waals surface area contributed by atoms with Crippen molar-refractivity contribution in [2.75, 3.05) is 13.1 Å². The van der Waals surface area contributed by atoms with Gasteiger partial charge in [0.05, 0.1) is 11.9 Å². The Kier molecular flexibility index (Phi) is 5.88. The lowest BCUT2D eigenvalue weighted by Crippen LogP contribution is -2.39. The topological polar surface area (TPSA) is 73.0 Å². The third kappa shape index (κ3) is 4.36. The number of nitrogens with zero attached hydrogens (tertiary/aromatic N) is 5. The predicted molar refractivity (Wildman–Crippen MR) is 128 cm³/mol. The van der Waals surface area contributed by atoms with E-state index in [1.807, 2.05) is 54.7 Å². The normalized spacial score (nSPS) is 16.8. The van der Waals surface area contributed by atoms with Gasteiger partial charge in [0.1, 0.15) is 5.65 Å². The number of aromatic nitrogens is 4. The van der Waals surface area contributed by atoms with Crippen LogP contribution in [0.15, 0.2) is 76.6 Å². The first-order valence-corrected chi connectivity index (χ1v) is 11.4. The molecule has 0 amide bonds. The Labute approximate surface area is 192 Å². The van der Waals surface area contributed by atoms with Gasteiger partial charge in [-0.05, 0) is 48.7 Å². The lowest BCUT2D eigenvalue weighted by molar-refractivity contribution is 0.198. The van der Waals surface area contributed by atoms with Crippen molar-refractivity contribution in [1.29, 1.82) is 0 Å². The van der Waals surface area contributed by atoms with Crippen molar-refractivity contribution in [3.05, 3.63) is 105 Å². The zero-order valence-electron chi connectivity index (χ0n) is 18.7. The average Bonchev–Trinajstić information content (AvgIpc) is 2.86. The van der Waals surface area contributed by atoms with Crippen molar-refractivity contribution in [2.24, 2.45) is 7.05 Å². The second-order valence-electron chi connectivity index (χ2n) is 8.76. The molecule has 0 saturated carbocycles. The van der Waals surface area contributed by atoms with E-state index in [0.29, 0.717) is 17.6 Å². The fourth-order valence-corrected chi connectivity index (χ4v) is 4.70. The summed E-state index contributed by atoms with van der Waals surface area (Å²) in [6.45, 7) is 3.16. The third-order valence-corrected chi connectivity index (χ3v) is 6.44. The molecule has 0 spiro atoms. The van der Waals surface area contributed by atoms with Crippen LogP contribution < -0.4 is 11.2 Å². The van der Waals surface area contributed by atoms with E-state index < -0.39 is 0 Å². The monoisotopic (exact) mass is 441 g/mol. The van der Waals surface area contributed by atoms with Crippen LogP contribution >= 0.6 is 0 Å². The highest BCUT2D eigenvalue weighted by Crippen LogP contribution is 2.27. The number of benzene rings is 1. The number of piperidine rings is 1. The molecule has 0 N–H and O–H groups in total. The molecule has 5 rings (SSSR count). The summed E-state index contributed by atoms with van der Waals surface area (Å²) in [5, 5.41) is 0.472. The fourth-order valence-electron chi connectivity index (χ4n) is 4.70. The summed E-state index contributed by atoms with van der Waals surface area (Å²) in [5.74, 6) is 0.254. The Balaban J connectivity index is 1.50. The summed E-state index contributed by atoms with van der Waals surface area (Å²) in [5.41, 5.74) is 2.95. The summed E-state index contributed by atoms with van der Waals surface area (Å²) in [4.78, 5) is 37.4. The summed E-state index contributed by atoms with van der Waals surface area (Å²) in [6, 6.07) is 17.7. The van der Waals surface area contributed by atoms with Gasteiger partial charge in [0.25, 0.3) is 5.56 Å². The number of pyridine rings is 2. The first kappa shape index (κ1) is 21.3. The molecule has 7 nitrogen and oxygen atoms in total. The molecule has 168 valence electrons. The first-order valence-electron chi connectivity index (χ1n) is 11.4. The molecule has 4 heterocycles. The van der Waals surface area contributed by atoms with Crippen LogP contribution in [0, 0.1) is 0 Å². The number of rotatable bonds is 5. The molecule has 3 aromatic heterocycles. The summed E-state index contributed by atoms with van der Waals surface area (Å²) >= 11 is 0. The number of fused-ring (bicyclic) bond motifs is 1. The van der Waals surface area contributed by atoms with Crippen LogP contribution in [-0.2, 0) is 20.1 Å². The van der Waals surface area contributed by atoms with Crippen molar-refractivity contribution < 1.29 is 0 Å². The van der Waals surface area contributed by atoms with Crippen molar-refractivity contribution in [1.82, 2.24) is 24.0 Å². The van der Waals surface area contributed by atoms with E-state index in [-0.39, 0.29) is 17.2 Å². The molecule has 1 aromatic carbocycles. The molecule has 0 radical (unpaired) electrons. The van der Waals surface area contributed by atoms with Crippen LogP contribution in [-0.4, -0.2) is 37.1 Å². The van der Waals surface area contributed by atoms with Gasteiger partial charge in [0.15, 0.2) is 0 Å². The Morgan fingerprint density at radius 3 is 2.58 bits per heavy atom. The predicted octanol–water partition coefficient (Wildman–Crippen LogP) is 2.92.